The van der Waals surface area contributed by atoms with Crippen LogP contribution in [0.1, 0.15) is 20.8 Å². The van der Waals surface area contributed by atoms with Crippen molar-refractivity contribution in [2.24, 2.45) is 11.8 Å². The van der Waals surface area contributed by atoms with Gasteiger partial charge < -0.3 is 15.7 Å². The number of carbonyl (C=O) groups excluding carboxylic acids is 1. The second-order valence-electron chi connectivity index (χ2n) is 4.77. The molecule has 1 amide bonds. The van der Waals surface area contributed by atoms with Crippen LogP contribution in [0.2, 0.25) is 0 Å². The second-order valence-corrected chi connectivity index (χ2v) is 4.77. The monoisotopic (exact) mass is 200 g/mol. The van der Waals surface area contributed by atoms with E-state index in [4.69, 9.17) is 5.11 Å². The van der Waals surface area contributed by atoms with Crippen molar-refractivity contribution in [3.63, 3.8) is 0 Å². The van der Waals surface area contributed by atoms with Crippen molar-refractivity contribution in [3.8, 4) is 0 Å². The van der Waals surface area contributed by atoms with Crippen LogP contribution in [0.25, 0.3) is 0 Å². The lowest BCUT2D eigenvalue weighted by Crippen LogP contribution is -2.49. The number of amides is 1. The minimum atomic E-state index is -0.514. The van der Waals surface area contributed by atoms with E-state index in [1.165, 1.54) is 0 Å². The predicted molar refractivity (Wildman–Crippen MR) is 54.8 cm³/mol. The number of hydrogen-bond acceptors (Lipinski definition) is 3. The summed E-state index contributed by atoms with van der Waals surface area (Å²) in [7, 11) is 0. The molecule has 0 bridgehead atoms. The summed E-state index contributed by atoms with van der Waals surface area (Å²) in [6.45, 7) is 7.31. The zero-order valence-corrected chi connectivity index (χ0v) is 9.13. The van der Waals surface area contributed by atoms with E-state index >= 15 is 0 Å². The molecular formula is C10H20N2O2. The molecule has 1 rings (SSSR count). The van der Waals surface area contributed by atoms with Crippen LogP contribution in [0.4, 0.5) is 0 Å². The van der Waals surface area contributed by atoms with E-state index in [-0.39, 0.29) is 18.4 Å². The molecule has 0 aliphatic carbocycles. The van der Waals surface area contributed by atoms with Gasteiger partial charge >= 0.3 is 0 Å². The van der Waals surface area contributed by atoms with Crippen LogP contribution in [0.3, 0.4) is 0 Å². The summed E-state index contributed by atoms with van der Waals surface area (Å²) in [4.78, 5) is 11.8. The molecule has 0 aromatic carbocycles. The Bertz CT molecular complexity index is 216. The molecule has 0 aromatic rings. The number of carbonyl (C=O) groups is 1. The van der Waals surface area contributed by atoms with Crippen LogP contribution in [0.15, 0.2) is 0 Å². The van der Waals surface area contributed by atoms with E-state index in [1.807, 2.05) is 13.8 Å². The zero-order valence-electron chi connectivity index (χ0n) is 9.13. The highest BCUT2D eigenvalue weighted by Crippen LogP contribution is 2.16. The minimum Gasteiger partial charge on any atom is -0.394 e. The normalized spacial score (nSPS) is 27.7. The van der Waals surface area contributed by atoms with Gasteiger partial charge in [-0.15, -0.1) is 0 Å². The molecule has 0 radical (unpaired) electrons. The zero-order chi connectivity index (χ0) is 10.8. The molecule has 3 N–H and O–H groups in total. The van der Waals surface area contributed by atoms with E-state index < -0.39 is 5.54 Å². The summed E-state index contributed by atoms with van der Waals surface area (Å²) in [6, 6.07) is 0. The number of nitrogens with one attached hydrogen (secondary N) is 2. The van der Waals surface area contributed by atoms with Crippen LogP contribution < -0.4 is 10.6 Å². The van der Waals surface area contributed by atoms with Gasteiger partial charge in [0.1, 0.15) is 0 Å². The number of rotatable bonds is 3. The molecule has 2 unspecified atom stereocenters. The first-order chi connectivity index (χ1) is 6.46. The first-order valence-corrected chi connectivity index (χ1v) is 5.10. The lowest BCUT2D eigenvalue weighted by atomic mass is 9.95. The molecule has 82 valence electrons. The Morgan fingerprint density at radius 3 is 2.64 bits per heavy atom. The fourth-order valence-corrected chi connectivity index (χ4v) is 1.63. The highest BCUT2D eigenvalue weighted by molar-refractivity contribution is 5.80. The highest BCUT2D eigenvalue weighted by atomic mass is 16.3. The first kappa shape index (κ1) is 11.5. The molecule has 14 heavy (non-hydrogen) atoms. The van der Waals surface area contributed by atoms with Gasteiger partial charge in [0, 0.05) is 6.54 Å². The van der Waals surface area contributed by atoms with E-state index in [2.05, 4.69) is 17.6 Å². The Hall–Kier alpha value is -0.610. The quantitative estimate of drug-likeness (QED) is 0.587. The van der Waals surface area contributed by atoms with Gasteiger partial charge in [-0.25, -0.2) is 0 Å². The van der Waals surface area contributed by atoms with Crippen molar-refractivity contribution in [2.45, 2.75) is 26.3 Å². The maximum atomic E-state index is 11.8. The average Bonchev–Trinajstić information content (AvgIpc) is 2.51. The van der Waals surface area contributed by atoms with Crippen molar-refractivity contribution in [1.29, 1.82) is 0 Å². The van der Waals surface area contributed by atoms with E-state index in [9.17, 15) is 4.79 Å². The third kappa shape index (κ3) is 2.69. The van der Waals surface area contributed by atoms with Crippen molar-refractivity contribution in [3.05, 3.63) is 0 Å². The third-order valence-electron chi connectivity index (χ3n) is 2.71. The van der Waals surface area contributed by atoms with Crippen molar-refractivity contribution in [2.75, 3.05) is 19.7 Å². The molecule has 1 saturated heterocycles. The topological polar surface area (TPSA) is 61.4 Å². The number of aliphatic hydroxyl groups is 1. The number of aliphatic hydroxyl groups excluding tert-OH is 1. The summed E-state index contributed by atoms with van der Waals surface area (Å²) in [5.41, 5.74) is -0.514. The molecule has 4 heteroatoms. The van der Waals surface area contributed by atoms with Gasteiger partial charge in [-0.05, 0) is 26.3 Å². The van der Waals surface area contributed by atoms with Gasteiger partial charge in [0.15, 0.2) is 0 Å². The van der Waals surface area contributed by atoms with Gasteiger partial charge in [0.05, 0.1) is 18.1 Å². The molecule has 2 atom stereocenters. The van der Waals surface area contributed by atoms with Gasteiger partial charge in [-0.3, -0.25) is 4.79 Å². The molecule has 0 aromatic heterocycles. The molecule has 0 saturated carbocycles. The fraction of sp³-hybridized carbons (Fsp3) is 0.900. The molecule has 1 heterocycles. The largest absolute Gasteiger partial charge is 0.394 e. The van der Waals surface area contributed by atoms with E-state index in [1.54, 1.807) is 0 Å². The SMILES string of the molecule is CC1CNCC1C(=O)NC(C)(C)CO. The second kappa shape index (κ2) is 4.28. The number of hydrogen-bond donors (Lipinski definition) is 3. The summed E-state index contributed by atoms with van der Waals surface area (Å²) in [6.07, 6.45) is 0. The smallest absolute Gasteiger partial charge is 0.225 e. The molecule has 4 nitrogen and oxygen atoms in total. The van der Waals surface area contributed by atoms with Crippen LogP contribution in [-0.2, 0) is 4.79 Å². The van der Waals surface area contributed by atoms with Crippen molar-refractivity contribution in [1.82, 2.24) is 10.6 Å². The summed E-state index contributed by atoms with van der Waals surface area (Å²) >= 11 is 0. The maximum Gasteiger partial charge on any atom is 0.225 e. The predicted octanol–water partition coefficient (Wildman–Crippen LogP) is -0.271. The van der Waals surface area contributed by atoms with E-state index in [0.717, 1.165) is 13.1 Å². The molecule has 0 spiro atoms. The fourth-order valence-electron chi connectivity index (χ4n) is 1.63. The standard InChI is InChI=1S/C10H20N2O2/c1-7-4-11-5-8(7)9(14)12-10(2,3)6-13/h7-8,11,13H,4-6H2,1-3H3,(H,12,14). The average molecular weight is 200 g/mol. The van der Waals surface area contributed by atoms with Crippen molar-refractivity contribution < 1.29 is 9.90 Å². The molecule has 1 aliphatic heterocycles. The van der Waals surface area contributed by atoms with E-state index in [0.29, 0.717) is 5.92 Å². The third-order valence-corrected chi connectivity index (χ3v) is 2.71. The minimum absolute atomic E-state index is 0.0345. The lowest BCUT2D eigenvalue weighted by Gasteiger charge is -2.26. The van der Waals surface area contributed by atoms with Crippen LogP contribution >= 0.6 is 0 Å². The van der Waals surface area contributed by atoms with Gasteiger partial charge in [0.2, 0.25) is 5.91 Å². The summed E-state index contributed by atoms with van der Waals surface area (Å²) in [5.74, 6) is 0.465. The maximum absolute atomic E-state index is 11.8. The van der Waals surface area contributed by atoms with Gasteiger partial charge in [-0.2, -0.15) is 0 Å². The van der Waals surface area contributed by atoms with Gasteiger partial charge in [0.25, 0.3) is 0 Å². The molecule has 1 fully saturated rings. The Kier molecular flexibility index (Phi) is 3.50. The molecular weight excluding hydrogens is 180 g/mol. The van der Waals surface area contributed by atoms with Gasteiger partial charge in [-0.1, -0.05) is 6.92 Å². The van der Waals surface area contributed by atoms with Crippen LogP contribution in [-0.4, -0.2) is 36.2 Å². The summed E-state index contributed by atoms with van der Waals surface area (Å²) < 4.78 is 0. The highest BCUT2D eigenvalue weighted by Gasteiger charge is 2.32. The Labute approximate surface area is 85.1 Å². The van der Waals surface area contributed by atoms with Crippen LogP contribution in [0, 0.1) is 11.8 Å². The Balaban J connectivity index is 2.49. The first-order valence-electron chi connectivity index (χ1n) is 5.10. The molecule has 1 aliphatic rings. The Morgan fingerprint density at radius 2 is 2.21 bits per heavy atom. The summed E-state index contributed by atoms with van der Waals surface area (Å²) in [5, 5.41) is 15.1. The van der Waals surface area contributed by atoms with Crippen molar-refractivity contribution >= 4 is 5.91 Å². The lowest BCUT2D eigenvalue weighted by molar-refractivity contribution is -0.127. The van der Waals surface area contributed by atoms with Crippen LogP contribution in [0.5, 0.6) is 0 Å². The Morgan fingerprint density at radius 1 is 1.57 bits per heavy atom.